The molecule has 2 saturated heterocycles. The number of nitrogens with one attached hydrogen (secondary N) is 1. The van der Waals surface area contributed by atoms with Crippen molar-refractivity contribution in [3.05, 3.63) is 29.3 Å². The molecule has 2 aliphatic heterocycles. The number of carbonyl (C=O) groups is 2. The van der Waals surface area contributed by atoms with Crippen LogP contribution in [-0.2, 0) is 9.59 Å². The predicted octanol–water partition coefficient (Wildman–Crippen LogP) is 1.42. The number of aryl methyl sites for hydroxylation is 1. The average Bonchev–Trinajstić information content (AvgIpc) is 2.87. The number of aliphatic carboxylic acids is 1. The number of carbonyl (C=O) groups excluding carboxylic acids is 1. The van der Waals surface area contributed by atoms with Crippen molar-refractivity contribution in [2.24, 2.45) is 0 Å². The van der Waals surface area contributed by atoms with E-state index in [2.05, 4.69) is 15.1 Å². The van der Waals surface area contributed by atoms with Crippen LogP contribution in [0.15, 0.2) is 18.2 Å². The second-order valence-electron chi connectivity index (χ2n) is 7.37. The van der Waals surface area contributed by atoms with Crippen LogP contribution in [0.4, 0.5) is 0 Å². The first-order valence-electron chi connectivity index (χ1n) is 9.61. The Bertz CT molecular complexity index is 686. The fraction of sp³-hybridized carbons (Fsp3) is 0.600. The predicted molar refractivity (Wildman–Crippen MR) is 102 cm³/mol. The van der Waals surface area contributed by atoms with Crippen LogP contribution in [0.1, 0.15) is 36.4 Å². The van der Waals surface area contributed by atoms with Gasteiger partial charge in [0.25, 0.3) is 0 Å². The third kappa shape index (κ3) is 4.59. The zero-order valence-corrected chi connectivity index (χ0v) is 16.1. The van der Waals surface area contributed by atoms with Gasteiger partial charge < -0.3 is 15.2 Å². The maximum Gasteiger partial charge on any atom is 0.325 e. The monoisotopic (exact) mass is 375 g/mol. The summed E-state index contributed by atoms with van der Waals surface area (Å²) in [6.07, 6.45) is 2.39. The number of hydrogen-bond donors (Lipinski definition) is 2. The normalized spacial score (nSPS) is 21.3. The number of rotatable bonds is 5. The molecular weight excluding hydrogens is 346 g/mol. The third-order valence-electron chi connectivity index (χ3n) is 5.70. The highest BCUT2D eigenvalue weighted by Gasteiger charge is 2.33. The first-order chi connectivity index (χ1) is 13.0. The number of hydrogen-bond acceptors (Lipinski definition) is 5. The summed E-state index contributed by atoms with van der Waals surface area (Å²) >= 11 is 0. The number of ether oxygens (including phenoxy) is 1. The van der Waals surface area contributed by atoms with Crippen molar-refractivity contribution >= 4 is 11.9 Å². The number of likely N-dealkylation sites (tertiary alicyclic amines) is 1. The number of nitrogens with zero attached hydrogens (tertiary/aromatic N) is 2. The number of methoxy groups -OCH3 is 1. The molecule has 7 nitrogen and oxygen atoms in total. The van der Waals surface area contributed by atoms with E-state index in [0.717, 1.165) is 55.9 Å². The highest BCUT2D eigenvalue weighted by Crippen LogP contribution is 2.29. The fourth-order valence-electron chi connectivity index (χ4n) is 4.24. The van der Waals surface area contributed by atoms with E-state index in [1.54, 1.807) is 7.11 Å². The molecule has 2 N–H and O–H groups in total. The van der Waals surface area contributed by atoms with Gasteiger partial charge in [0.1, 0.15) is 11.8 Å². The van der Waals surface area contributed by atoms with Crippen molar-refractivity contribution < 1.29 is 19.4 Å². The topological polar surface area (TPSA) is 82.1 Å². The third-order valence-corrected chi connectivity index (χ3v) is 5.70. The molecule has 1 aromatic rings. The van der Waals surface area contributed by atoms with Crippen LogP contribution >= 0.6 is 0 Å². The van der Waals surface area contributed by atoms with Crippen molar-refractivity contribution in [1.82, 2.24) is 15.1 Å². The Balaban J connectivity index is 1.66. The van der Waals surface area contributed by atoms with Crippen molar-refractivity contribution in [2.45, 2.75) is 38.3 Å². The van der Waals surface area contributed by atoms with Gasteiger partial charge in [0, 0.05) is 45.2 Å². The van der Waals surface area contributed by atoms with E-state index < -0.39 is 12.0 Å². The molecule has 1 amide bonds. The average molecular weight is 375 g/mol. The molecule has 7 heteroatoms. The Morgan fingerprint density at radius 1 is 1.26 bits per heavy atom. The van der Waals surface area contributed by atoms with Gasteiger partial charge in [-0.3, -0.25) is 19.4 Å². The fourth-order valence-corrected chi connectivity index (χ4v) is 4.24. The standard InChI is InChI=1S/C20H29N3O4/c1-14-13-15(3-4-17(14)27-2)19(20(25)26)23-9-5-16(6-10-23)22-11-7-18(24)21-8-12-22/h3-4,13,16,19H,5-12H2,1-2H3,(H,21,24)(H,25,26). The van der Waals surface area contributed by atoms with Crippen molar-refractivity contribution in [3.8, 4) is 5.75 Å². The quantitative estimate of drug-likeness (QED) is 0.810. The lowest BCUT2D eigenvalue weighted by molar-refractivity contribution is -0.144. The minimum Gasteiger partial charge on any atom is -0.496 e. The lowest BCUT2D eigenvalue weighted by atomic mass is 9.97. The van der Waals surface area contributed by atoms with Crippen LogP contribution in [0.2, 0.25) is 0 Å². The van der Waals surface area contributed by atoms with Gasteiger partial charge >= 0.3 is 5.97 Å². The summed E-state index contributed by atoms with van der Waals surface area (Å²) in [4.78, 5) is 28.0. The van der Waals surface area contributed by atoms with Crippen LogP contribution in [0, 0.1) is 6.92 Å². The molecule has 0 spiro atoms. The summed E-state index contributed by atoms with van der Waals surface area (Å²) in [5, 5.41) is 12.8. The number of carboxylic acid groups (broad SMARTS) is 1. The maximum atomic E-state index is 12.0. The number of benzene rings is 1. The van der Waals surface area contributed by atoms with Gasteiger partial charge in [-0.15, -0.1) is 0 Å². The molecule has 2 heterocycles. The molecule has 0 aliphatic carbocycles. The van der Waals surface area contributed by atoms with Crippen LogP contribution < -0.4 is 10.1 Å². The molecule has 0 bridgehead atoms. The second-order valence-corrected chi connectivity index (χ2v) is 7.37. The first kappa shape index (κ1) is 19.6. The zero-order chi connectivity index (χ0) is 19.4. The van der Waals surface area contributed by atoms with Gasteiger partial charge in [-0.1, -0.05) is 12.1 Å². The lowest BCUT2D eigenvalue weighted by Crippen LogP contribution is -2.48. The lowest BCUT2D eigenvalue weighted by Gasteiger charge is -2.40. The van der Waals surface area contributed by atoms with Crippen LogP contribution in [-0.4, -0.2) is 72.7 Å². The van der Waals surface area contributed by atoms with Gasteiger partial charge in [-0.25, -0.2) is 0 Å². The van der Waals surface area contributed by atoms with Gasteiger partial charge in [0.2, 0.25) is 5.91 Å². The summed E-state index contributed by atoms with van der Waals surface area (Å²) in [6.45, 7) is 5.77. The Morgan fingerprint density at radius 3 is 2.63 bits per heavy atom. The summed E-state index contributed by atoms with van der Waals surface area (Å²) in [6, 6.07) is 5.39. The first-order valence-corrected chi connectivity index (χ1v) is 9.61. The molecule has 0 saturated carbocycles. The SMILES string of the molecule is COc1ccc(C(C(=O)O)N2CCC(N3CCNC(=O)CC3)CC2)cc1C. The zero-order valence-electron chi connectivity index (χ0n) is 16.1. The summed E-state index contributed by atoms with van der Waals surface area (Å²) < 4.78 is 5.29. The van der Waals surface area contributed by atoms with Crippen molar-refractivity contribution in [2.75, 3.05) is 39.8 Å². The molecule has 1 aromatic carbocycles. The minimum absolute atomic E-state index is 0.121. The van der Waals surface area contributed by atoms with Gasteiger partial charge in [-0.2, -0.15) is 0 Å². The molecule has 2 aliphatic rings. The van der Waals surface area contributed by atoms with Crippen LogP contribution in [0.3, 0.4) is 0 Å². The van der Waals surface area contributed by atoms with E-state index >= 15 is 0 Å². The smallest absolute Gasteiger partial charge is 0.325 e. The molecule has 0 aromatic heterocycles. The number of carboxylic acids is 1. The summed E-state index contributed by atoms with van der Waals surface area (Å²) in [7, 11) is 1.62. The Labute approximate surface area is 160 Å². The molecule has 0 radical (unpaired) electrons. The molecular formula is C20H29N3O4. The van der Waals surface area contributed by atoms with Gasteiger partial charge in [0.05, 0.1) is 7.11 Å². The van der Waals surface area contributed by atoms with E-state index in [4.69, 9.17) is 4.74 Å². The largest absolute Gasteiger partial charge is 0.496 e. The minimum atomic E-state index is -0.817. The Hall–Kier alpha value is -2.12. The van der Waals surface area contributed by atoms with Gasteiger partial charge in [-0.05, 0) is 37.0 Å². The van der Waals surface area contributed by atoms with Crippen LogP contribution in [0.5, 0.6) is 5.75 Å². The second kappa shape index (κ2) is 8.71. The van der Waals surface area contributed by atoms with Crippen molar-refractivity contribution in [1.29, 1.82) is 0 Å². The molecule has 1 unspecified atom stereocenters. The van der Waals surface area contributed by atoms with E-state index in [9.17, 15) is 14.7 Å². The molecule has 148 valence electrons. The van der Waals surface area contributed by atoms with E-state index in [-0.39, 0.29) is 5.91 Å². The van der Waals surface area contributed by atoms with Crippen molar-refractivity contribution in [3.63, 3.8) is 0 Å². The van der Waals surface area contributed by atoms with E-state index in [0.29, 0.717) is 19.0 Å². The van der Waals surface area contributed by atoms with Gasteiger partial charge in [0.15, 0.2) is 0 Å². The number of piperidine rings is 1. The Morgan fingerprint density at radius 2 is 2.00 bits per heavy atom. The van der Waals surface area contributed by atoms with E-state index in [1.807, 2.05) is 25.1 Å². The molecule has 1 atom stereocenters. The van der Waals surface area contributed by atoms with E-state index in [1.165, 1.54) is 0 Å². The summed E-state index contributed by atoms with van der Waals surface area (Å²) in [5.74, 6) is 0.0734. The molecule has 27 heavy (non-hydrogen) atoms. The maximum absolute atomic E-state index is 12.0. The Kier molecular flexibility index (Phi) is 6.34. The van der Waals surface area contributed by atoms with Crippen LogP contribution in [0.25, 0.3) is 0 Å². The number of amides is 1. The summed E-state index contributed by atoms with van der Waals surface area (Å²) in [5.41, 5.74) is 1.74. The highest BCUT2D eigenvalue weighted by molar-refractivity contribution is 5.76. The highest BCUT2D eigenvalue weighted by atomic mass is 16.5. The molecule has 2 fully saturated rings. The molecule has 3 rings (SSSR count).